The lowest BCUT2D eigenvalue weighted by molar-refractivity contribution is -0.123. The number of carbonyl (C=O) groups excluding carboxylic acids is 1. The maximum atomic E-state index is 12.2. The Labute approximate surface area is 117 Å². The number of likely N-dealkylation sites (tertiary alicyclic amines) is 1. The average Bonchev–Trinajstić information content (AvgIpc) is 2.68. The highest BCUT2D eigenvalue weighted by molar-refractivity contribution is 5.78. The van der Waals surface area contributed by atoms with E-state index in [1.54, 1.807) is 0 Å². The molecule has 1 saturated carbocycles. The molecule has 2 fully saturated rings. The van der Waals surface area contributed by atoms with Crippen LogP contribution in [0.4, 0.5) is 0 Å². The molecule has 0 aromatic carbocycles. The molecule has 1 aliphatic heterocycles. The second kappa shape index (κ2) is 7.85. The van der Waals surface area contributed by atoms with Gasteiger partial charge < -0.3 is 11.1 Å². The highest BCUT2D eigenvalue weighted by atomic mass is 16.2. The van der Waals surface area contributed by atoms with Crippen LogP contribution in [0.5, 0.6) is 0 Å². The van der Waals surface area contributed by atoms with Gasteiger partial charge in [0.25, 0.3) is 0 Å². The minimum atomic E-state index is 0.201. The number of nitrogens with two attached hydrogens (primary N) is 1. The SMILES string of the molecule is NCC1CCCCN1CC(=O)NC1CCCCCC1. The molecule has 0 aromatic heterocycles. The van der Waals surface area contributed by atoms with E-state index in [9.17, 15) is 4.79 Å². The van der Waals surface area contributed by atoms with Gasteiger partial charge in [-0.1, -0.05) is 32.1 Å². The predicted octanol–water partition coefficient (Wildman–Crippen LogP) is 1.64. The summed E-state index contributed by atoms with van der Waals surface area (Å²) in [6.07, 6.45) is 11.1. The van der Waals surface area contributed by atoms with Gasteiger partial charge in [-0.25, -0.2) is 0 Å². The first-order chi connectivity index (χ1) is 9.29. The quantitative estimate of drug-likeness (QED) is 0.761. The minimum absolute atomic E-state index is 0.201. The number of carbonyl (C=O) groups is 1. The molecule has 0 spiro atoms. The van der Waals surface area contributed by atoms with Crippen molar-refractivity contribution in [2.75, 3.05) is 19.6 Å². The summed E-state index contributed by atoms with van der Waals surface area (Å²) in [5.41, 5.74) is 5.80. The van der Waals surface area contributed by atoms with Crippen LogP contribution in [-0.4, -0.2) is 42.5 Å². The lowest BCUT2D eigenvalue weighted by Crippen LogP contribution is -2.49. The van der Waals surface area contributed by atoms with E-state index in [2.05, 4.69) is 10.2 Å². The molecule has 0 aromatic rings. The van der Waals surface area contributed by atoms with Crippen molar-refractivity contribution in [1.29, 1.82) is 0 Å². The van der Waals surface area contributed by atoms with Crippen molar-refractivity contribution in [1.82, 2.24) is 10.2 Å². The van der Waals surface area contributed by atoms with E-state index < -0.39 is 0 Å². The van der Waals surface area contributed by atoms with E-state index in [0.29, 0.717) is 25.2 Å². The van der Waals surface area contributed by atoms with Gasteiger partial charge in [-0.2, -0.15) is 0 Å². The third-order valence-corrected chi connectivity index (χ3v) is 4.59. The molecular formula is C15H29N3O. The van der Waals surface area contributed by atoms with E-state index >= 15 is 0 Å². The van der Waals surface area contributed by atoms with Gasteiger partial charge in [0.2, 0.25) is 5.91 Å². The Kier molecular flexibility index (Phi) is 6.11. The van der Waals surface area contributed by atoms with Crippen molar-refractivity contribution in [2.24, 2.45) is 5.73 Å². The van der Waals surface area contributed by atoms with Crippen molar-refractivity contribution in [3.05, 3.63) is 0 Å². The molecule has 4 heteroatoms. The summed E-state index contributed by atoms with van der Waals surface area (Å²) >= 11 is 0. The van der Waals surface area contributed by atoms with Gasteiger partial charge >= 0.3 is 0 Å². The summed E-state index contributed by atoms with van der Waals surface area (Å²) in [4.78, 5) is 14.4. The van der Waals surface area contributed by atoms with Crippen molar-refractivity contribution in [3.63, 3.8) is 0 Å². The summed E-state index contributed by atoms with van der Waals surface area (Å²) in [7, 11) is 0. The summed E-state index contributed by atoms with van der Waals surface area (Å²) in [6, 6.07) is 0.824. The summed E-state index contributed by atoms with van der Waals surface area (Å²) in [6.45, 7) is 2.25. The first kappa shape index (κ1) is 14.8. The summed E-state index contributed by atoms with van der Waals surface area (Å²) in [5.74, 6) is 0.201. The van der Waals surface area contributed by atoms with E-state index in [1.165, 1.54) is 38.5 Å². The standard InChI is InChI=1S/C15H29N3O/c16-11-14-9-5-6-10-18(14)12-15(19)17-13-7-3-1-2-4-8-13/h13-14H,1-12,16H2,(H,17,19). The van der Waals surface area contributed by atoms with Gasteiger partial charge in [-0.15, -0.1) is 0 Å². The van der Waals surface area contributed by atoms with Gasteiger partial charge in [-0.3, -0.25) is 9.69 Å². The third kappa shape index (κ3) is 4.77. The Morgan fingerprint density at radius 3 is 2.42 bits per heavy atom. The number of hydrogen-bond donors (Lipinski definition) is 2. The van der Waals surface area contributed by atoms with Crippen molar-refractivity contribution >= 4 is 5.91 Å². The van der Waals surface area contributed by atoms with Crippen LogP contribution in [0.25, 0.3) is 0 Å². The van der Waals surface area contributed by atoms with Crippen LogP contribution >= 0.6 is 0 Å². The molecule has 4 nitrogen and oxygen atoms in total. The zero-order valence-corrected chi connectivity index (χ0v) is 12.1. The molecule has 3 N–H and O–H groups in total. The van der Waals surface area contributed by atoms with Gasteiger partial charge in [-0.05, 0) is 32.2 Å². The van der Waals surface area contributed by atoms with Crippen molar-refractivity contribution in [3.8, 4) is 0 Å². The van der Waals surface area contributed by atoms with Gasteiger partial charge in [0, 0.05) is 18.6 Å². The Hall–Kier alpha value is -0.610. The fourth-order valence-corrected chi connectivity index (χ4v) is 3.42. The molecule has 1 heterocycles. The van der Waals surface area contributed by atoms with Crippen LogP contribution in [0, 0.1) is 0 Å². The third-order valence-electron chi connectivity index (χ3n) is 4.59. The number of piperidine rings is 1. The maximum absolute atomic E-state index is 12.2. The molecule has 0 radical (unpaired) electrons. The molecule has 1 saturated heterocycles. The summed E-state index contributed by atoms with van der Waals surface area (Å²) in [5, 5.41) is 3.23. The molecule has 1 aliphatic carbocycles. The highest BCUT2D eigenvalue weighted by Gasteiger charge is 2.24. The second-order valence-electron chi connectivity index (χ2n) is 6.11. The fraction of sp³-hybridized carbons (Fsp3) is 0.933. The molecule has 1 atom stereocenters. The monoisotopic (exact) mass is 267 g/mol. The Balaban J connectivity index is 1.75. The number of nitrogens with one attached hydrogen (secondary N) is 1. The first-order valence-corrected chi connectivity index (χ1v) is 8.03. The zero-order chi connectivity index (χ0) is 13.5. The number of rotatable bonds is 4. The minimum Gasteiger partial charge on any atom is -0.352 e. The van der Waals surface area contributed by atoms with E-state index in [-0.39, 0.29) is 5.91 Å². The molecule has 1 unspecified atom stereocenters. The molecular weight excluding hydrogens is 238 g/mol. The Morgan fingerprint density at radius 1 is 1.05 bits per heavy atom. The van der Waals surface area contributed by atoms with Crippen LogP contribution in [0.3, 0.4) is 0 Å². The predicted molar refractivity (Wildman–Crippen MR) is 77.9 cm³/mol. The maximum Gasteiger partial charge on any atom is 0.234 e. The first-order valence-electron chi connectivity index (χ1n) is 8.03. The molecule has 2 rings (SSSR count). The van der Waals surface area contributed by atoms with Gasteiger partial charge in [0.15, 0.2) is 0 Å². The fourth-order valence-electron chi connectivity index (χ4n) is 3.42. The van der Waals surface area contributed by atoms with Crippen LogP contribution in [0.2, 0.25) is 0 Å². The zero-order valence-electron chi connectivity index (χ0n) is 12.1. The molecule has 2 aliphatic rings. The number of nitrogens with zero attached hydrogens (tertiary/aromatic N) is 1. The lowest BCUT2D eigenvalue weighted by Gasteiger charge is -2.34. The van der Waals surface area contributed by atoms with Crippen LogP contribution < -0.4 is 11.1 Å². The van der Waals surface area contributed by atoms with E-state index in [1.807, 2.05) is 0 Å². The smallest absolute Gasteiger partial charge is 0.234 e. The van der Waals surface area contributed by atoms with Crippen molar-refractivity contribution < 1.29 is 4.79 Å². The van der Waals surface area contributed by atoms with Crippen LogP contribution in [-0.2, 0) is 4.79 Å². The molecule has 19 heavy (non-hydrogen) atoms. The number of hydrogen-bond acceptors (Lipinski definition) is 3. The van der Waals surface area contributed by atoms with Crippen LogP contribution in [0.15, 0.2) is 0 Å². The van der Waals surface area contributed by atoms with Gasteiger partial charge in [0.1, 0.15) is 0 Å². The average molecular weight is 267 g/mol. The van der Waals surface area contributed by atoms with E-state index in [4.69, 9.17) is 5.73 Å². The van der Waals surface area contributed by atoms with E-state index in [0.717, 1.165) is 25.8 Å². The molecule has 0 bridgehead atoms. The Morgan fingerprint density at radius 2 is 1.74 bits per heavy atom. The topological polar surface area (TPSA) is 58.4 Å². The highest BCUT2D eigenvalue weighted by Crippen LogP contribution is 2.18. The van der Waals surface area contributed by atoms with Gasteiger partial charge in [0.05, 0.1) is 6.54 Å². The molecule has 1 amide bonds. The second-order valence-corrected chi connectivity index (χ2v) is 6.11. The summed E-state index contributed by atoms with van der Waals surface area (Å²) < 4.78 is 0. The number of amides is 1. The van der Waals surface area contributed by atoms with Crippen molar-refractivity contribution in [2.45, 2.75) is 69.9 Å². The largest absolute Gasteiger partial charge is 0.352 e. The Bertz CT molecular complexity index is 275. The normalized spacial score (nSPS) is 26.9. The van der Waals surface area contributed by atoms with Crippen LogP contribution in [0.1, 0.15) is 57.8 Å². The molecule has 110 valence electrons. The lowest BCUT2D eigenvalue weighted by atomic mass is 10.0.